The Kier molecular flexibility index (Phi) is 5.43. The van der Waals surface area contributed by atoms with Gasteiger partial charge in [-0.15, -0.1) is 0 Å². The number of halogens is 1. The molecule has 100 valence electrons. The summed E-state index contributed by atoms with van der Waals surface area (Å²) < 4.78 is 15.5. The SMILES string of the molecule is COC(=O)C(O)Cc1cc(OC)c(Br)c(OC)c1. The molecular formula is C12H15BrO5. The van der Waals surface area contributed by atoms with E-state index in [-0.39, 0.29) is 6.42 Å². The van der Waals surface area contributed by atoms with Crippen molar-refractivity contribution in [3.05, 3.63) is 22.2 Å². The van der Waals surface area contributed by atoms with Crippen molar-refractivity contribution >= 4 is 21.9 Å². The summed E-state index contributed by atoms with van der Waals surface area (Å²) in [7, 11) is 4.29. The van der Waals surface area contributed by atoms with E-state index in [1.807, 2.05) is 0 Å². The fraction of sp³-hybridized carbons (Fsp3) is 0.417. The Labute approximate surface area is 114 Å². The molecule has 0 aromatic heterocycles. The zero-order valence-electron chi connectivity index (χ0n) is 10.4. The number of rotatable bonds is 5. The van der Waals surface area contributed by atoms with Crippen LogP contribution in [0.5, 0.6) is 11.5 Å². The molecule has 1 aromatic carbocycles. The largest absolute Gasteiger partial charge is 0.495 e. The highest BCUT2D eigenvalue weighted by Gasteiger charge is 2.18. The lowest BCUT2D eigenvalue weighted by atomic mass is 10.1. The van der Waals surface area contributed by atoms with Crippen LogP contribution in [0.4, 0.5) is 0 Å². The van der Waals surface area contributed by atoms with Crippen LogP contribution in [0.3, 0.4) is 0 Å². The van der Waals surface area contributed by atoms with Crippen molar-refractivity contribution in [3.63, 3.8) is 0 Å². The van der Waals surface area contributed by atoms with Crippen molar-refractivity contribution in [2.75, 3.05) is 21.3 Å². The summed E-state index contributed by atoms with van der Waals surface area (Å²) in [4.78, 5) is 11.1. The third kappa shape index (κ3) is 3.36. The second-order valence-corrected chi connectivity index (χ2v) is 4.35. The number of ether oxygens (including phenoxy) is 3. The number of carbonyl (C=O) groups is 1. The summed E-state index contributed by atoms with van der Waals surface area (Å²) >= 11 is 3.34. The van der Waals surface area contributed by atoms with Crippen LogP contribution in [0, 0.1) is 0 Å². The molecule has 0 saturated heterocycles. The van der Waals surface area contributed by atoms with E-state index in [1.165, 1.54) is 21.3 Å². The van der Waals surface area contributed by atoms with Crippen molar-refractivity contribution in [1.82, 2.24) is 0 Å². The Morgan fingerprint density at radius 3 is 2.17 bits per heavy atom. The van der Waals surface area contributed by atoms with Crippen LogP contribution < -0.4 is 9.47 Å². The van der Waals surface area contributed by atoms with Gasteiger partial charge in [0.25, 0.3) is 0 Å². The molecule has 5 nitrogen and oxygen atoms in total. The minimum Gasteiger partial charge on any atom is -0.495 e. The van der Waals surface area contributed by atoms with Gasteiger partial charge < -0.3 is 19.3 Å². The summed E-state index contributed by atoms with van der Waals surface area (Å²) in [6.07, 6.45) is -1.07. The highest BCUT2D eigenvalue weighted by Crippen LogP contribution is 2.35. The van der Waals surface area contributed by atoms with Crippen LogP contribution in [0.2, 0.25) is 0 Å². The van der Waals surface area contributed by atoms with Gasteiger partial charge in [0.2, 0.25) is 0 Å². The van der Waals surface area contributed by atoms with Crippen molar-refractivity contribution in [3.8, 4) is 11.5 Å². The molecule has 0 amide bonds. The molecule has 1 unspecified atom stereocenters. The van der Waals surface area contributed by atoms with E-state index in [2.05, 4.69) is 20.7 Å². The second kappa shape index (κ2) is 6.61. The van der Waals surface area contributed by atoms with E-state index in [0.717, 1.165) is 0 Å². The minimum absolute atomic E-state index is 0.132. The van der Waals surface area contributed by atoms with Gasteiger partial charge >= 0.3 is 5.97 Å². The topological polar surface area (TPSA) is 65.0 Å². The van der Waals surface area contributed by atoms with Gasteiger partial charge in [-0.2, -0.15) is 0 Å². The van der Waals surface area contributed by atoms with Gasteiger partial charge in [-0.25, -0.2) is 4.79 Å². The first-order valence-electron chi connectivity index (χ1n) is 5.19. The van der Waals surface area contributed by atoms with Gasteiger partial charge in [-0.05, 0) is 33.6 Å². The number of hydrogen-bond acceptors (Lipinski definition) is 5. The Morgan fingerprint density at radius 2 is 1.78 bits per heavy atom. The Hall–Kier alpha value is -1.27. The maximum atomic E-state index is 11.1. The van der Waals surface area contributed by atoms with Gasteiger partial charge in [0.05, 0.1) is 21.3 Å². The number of aliphatic hydroxyl groups is 1. The average Bonchev–Trinajstić information content (AvgIpc) is 2.39. The Balaban J connectivity index is 2.99. The Bertz CT molecular complexity index is 407. The molecule has 1 atom stereocenters. The number of carbonyl (C=O) groups excluding carboxylic acids is 1. The zero-order valence-corrected chi connectivity index (χ0v) is 12.0. The molecule has 0 fully saturated rings. The quantitative estimate of drug-likeness (QED) is 0.834. The minimum atomic E-state index is -1.20. The van der Waals surface area contributed by atoms with Crippen LogP contribution in [0.15, 0.2) is 16.6 Å². The molecule has 0 aliphatic carbocycles. The fourth-order valence-corrected chi connectivity index (χ4v) is 2.04. The van der Waals surface area contributed by atoms with Gasteiger partial charge in [-0.3, -0.25) is 0 Å². The highest BCUT2D eigenvalue weighted by atomic mass is 79.9. The molecule has 6 heteroatoms. The first-order chi connectivity index (χ1) is 8.53. The normalized spacial score (nSPS) is 11.8. The van der Waals surface area contributed by atoms with Gasteiger partial charge in [0.1, 0.15) is 16.0 Å². The monoisotopic (exact) mass is 318 g/mol. The van der Waals surface area contributed by atoms with Crippen molar-refractivity contribution < 1.29 is 24.1 Å². The summed E-state index contributed by atoms with van der Waals surface area (Å²) in [5.41, 5.74) is 0.713. The van der Waals surface area contributed by atoms with Crippen LogP contribution in [0.1, 0.15) is 5.56 Å². The molecule has 0 radical (unpaired) electrons. The highest BCUT2D eigenvalue weighted by molar-refractivity contribution is 9.10. The first kappa shape index (κ1) is 14.8. The molecular weight excluding hydrogens is 304 g/mol. The number of aliphatic hydroxyl groups excluding tert-OH is 1. The second-order valence-electron chi connectivity index (χ2n) is 3.56. The third-order valence-corrected chi connectivity index (χ3v) is 3.19. The molecule has 1 rings (SSSR count). The van der Waals surface area contributed by atoms with E-state index in [0.29, 0.717) is 21.5 Å². The number of hydrogen-bond donors (Lipinski definition) is 1. The van der Waals surface area contributed by atoms with Gasteiger partial charge in [0, 0.05) is 6.42 Å². The molecule has 0 aliphatic heterocycles. The smallest absolute Gasteiger partial charge is 0.335 e. The summed E-state index contributed by atoms with van der Waals surface area (Å²) in [5, 5.41) is 9.60. The molecule has 1 aromatic rings. The van der Waals surface area contributed by atoms with Gasteiger partial charge in [-0.1, -0.05) is 0 Å². The van der Waals surface area contributed by atoms with Crippen molar-refractivity contribution in [2.45, 2.75) is 12.5 Å². The number of benzene rings is 1. The predicted octanol–water partition coefficient (Wildman–Crippen LogP) is 1.54. The molecule has 0 heterocycles. The molecule has 18 heavy (non-hydrogen) atoms. The predicted molar refractivity (Wildman–Crippen MR) is 69.0 cm³/mol. The summed E-state index contributed by atoms with van der Waals surface area (Å²) in [5.74, 6) is 0.471. The maximum Gasteiger partial charge on any atom is 0.335 e. The molecule has 0 bridgehead atoms. The lowest BCUT2D eigenvalue weighted by molar-refractivity contribution is -0.150. The number of methoxy groups -OCH3 is 3. The van der Waals surface area contributed by atoms with Crippen molar-refractivity contribution in [2.24, 2.45) is 0 Å². The molecule has 0 spiro atoms. The average molecular weight is 319 g/mol. The maximum absolute atomic E-state index is 11.1. The number of esters is 1. The third-order valence-electron chi connectivity index (χ3n) is 2.41. The van der Waals surface area contributed by atoms with E-state index in [9.17, 15) is 9.90 Å². The van der Waals surface area contributed by atoms with E-state index in [1.54, 1.807) is 12.1 Å². The van der Waals surface area contributed by atoms with Crippen LogP contribution in [0.25, 0.3) is 0 Å². The molecule has 0 saturated carbocycles. The zero-order chi connectivity index (χ0) is 13.7. The van der Waals surface area contributed by atoms with E-state index in [4.69, 9.17) is 9.47 Å². The van der Waals surface area contributed by atoms with Crippen LogP contribution in [-0.4, -0.2) is 38.5 Å². The standard InChI is InChI=1S/C12H15BrO5/c1-16-9-5-7(4-8(14)12(15)18-3)6-10(17-2)11(9)13/h5-6,8,14H,4H2,1-3H3. The summed E-state index contributed by atoms with van der Waals surface area (Å²) in [6.45, 7) is 0. The van der Waals surface area contributed by atoms with Crippen LogP contribution >= 0.6 is 15.9 Å². The molecule has 1 N–H and O–H groups in total. The molecule has 0 aliphatic rings. The first-order valence-corrected chi connectivity index (χ1v) is 5.99. The van der Waals surface area contributed by atoms with E-state index < -0.39 is 12.1 Å². The van der Waals surface area contributed by atoms with Gasteiger partial charge in [0.15, 0.2) is 6.10 Å². The lowest BCUT2D eigenvalue weighted by Gasteiger charge is -2.13. The van der Waals surface area contributed by atoms with Crippen molar-refractivity contribution in [1.29, 1.82) is 0 Å². The van der Waals surface area contributed by atoms with Crippen LogP contribution in [-0.2, 0) is 16.0 Å². The van der Waals surface area contributed by atoms with E-state index >= 15 is 0 Å². The lowest BCUT2D eigenvalue weighted by Crippen LogP contribution is -2.24. The fourth-order valence-electron chi connectivity index (χ4n) is 1.48. The summed E-state index contributed by atoms with van der Waals surface area (Å²) in [6, 6.07) is 3.44. The Morgan fingerprint density at radius 1 is 1.28 bits per heavy atom.